The van der Waals surface area contributed by atoms with Crippen molar-refractivity contribution in [1.29, 1.82) is 0 Å². The van der Waals surface area contributed by atoms with E-state index in [1.165, 1.54) is 12.3 Å². The first-order valence-electron chi connectivity index (χ1n) is 4.97. The average molecular weight is 258 g/mol. The smallest absolute Gasteiger partial charge is 0.266 e. The van der Waals surface area contributed by atoms with E-state index in [9.17, 15) is 13.2 Å². The second-order valence-electron chi connectivity index (χ2n) is 3.38. The Morgan fingerprint density at radius 2 is 2.18 bits per heavy atom. The molecule has 0 spiro atoms. The molecular formula is C10H14N2O4S. The quantitative estimate of drug-likeness (QED) is 0.821. The van der Waals surface area contributed by atoms with Gasteiger partial charge in [0.15, 0.2) is 0 Å². The van der Waals surface area contributed by atoms with Crippen molar-refractivity contribution in [3.05, 3.63) is 29.6 Å². The normalized spacial score (nSPS) is 11.2. The number of hydrogen-bond acceptors (Lipinski definition) is 5. The highest BCUT2D eigenvalue weighted by Crippen LogP contribution is 2.02. The molecule has 1 N–H and O–H groups in total. The van der Waals surface area contributed by atoms with Gasteiger partial charge in [-0.2, -0.15) is 0 Å². The first-order valence-corrected chi connectivity index (χ1v) is 6.86. The standard InChI is InChI=1S/C10H14N2O4S/c1-3-16-7-9-5-4-8(6-11-9)10(13)12-17(2,14)15/h4-6H,3,7H2,1-2H3,(H,12,13). The zero-order chi connectivity index (χ0) is 12.9. The topological polar surface area (TPSA) is 85.4 Å². The summed E-state index contributed by atoms with van der Waals surface area (Å²) in [7, 11) is -3.55. The summed E-state index contributed by atoms with van der Waals surface area (Å²) in [5.74, 6) is -0.692. The fourth-order valence-corrected chi connectivity index (χ4v) is 1.53. The number of aromatic nitrogens is 1. The van der Waals surface area contributed by atoms with E-state index in [1.807, 2.05) is 11.6 Å². The Kier molecular flexibility index (Phi) is 4.59. The number of ether oxygens (including phenoxy) is 1. The highest BCUT2D eigenvalue weighted by molar-refractivity contribution is 7.89. The molecule has 6 nitrogen and oxygen atoms in total. The van der Waals surface area contributed by atoms with Gasteiger partial charge in [0.25, 0.3) is 5.91 Å². The van der Waals surface area contributed by atoms with E-state index in [1.54, 1.807) is 6.07 Å². The number of hydrogen-bond donors (Lipinski definition) is 1. The summed E-state index contributed by atoms with van der Waals surface area (Å²) in [4.78, 5) is 15.4. The minimum Gasteiger partial charge on any atom is -0.375 e. The van der Waals surface area contributed by atoms with E-state index in [0.29, 0.717) is 18.9 Å². The van der Waals surface area contributed by atoms with Crippen molar-refractivity contribution in [3.63, 3.8) is 0 Å². The Morgan fingerprint density at radius 1 is 1.47 bits per heavy atom. The maximum absolute atomic E-state index is 11.4. The highest BCUT2D eigenvalue weighted by Gasteiger charge is 2.11. The van der Waals surface area contributed by atoms with Crippen molar-refractivity contribution in [1.82, 2.24) is 9.71 Å². The van der Waals surface area contributed by atoms with Gasteiger partial charge in [-0.1, -0.05) is 0 Å². The molecule has 0 aliphatic heterocycles. The second-order valence-corrected chi connectivity index (χ2v) is 5.13. The van der Waals surface area contributed by atoms with Crippen LogP contribution in [0.4, 0.5) is 0 Å². The summed E-state index contributed by atoms with van der Waals surface area (Å²) in [5, 5.41) is 0. The number of rotatable bonds is 5. The Bertz CT molecular complexity index is 482. The van der Waals surface area contributed by atoms with Gasteiger partial charge in [0.2, 0.25) is 10.0 Å². The van der Waals surface area contributed by atoms with Gasteiger partial charge in [0.1, 0.15) is 0 Å². The van der Waals surface area contributed by atoms with Crippen molar-refractivity contribution in [2.75, 3.05) is 12.9 Å². The molecule has 0 fully saturated rings. The summed E-state index contributed by atoms with van der Waals surface area (Å²) in [6.07, 6.45) is 2.23. The third-order valence-corrected chi connectivity index (χ3v) is 2.38. The van der Waals surface area contributed by atoms with Crippen LogP contribution in [0.3, 0.4) is 0 Å². The average Bonchev–Trinajstić information content (AvgIpc) is 2.24. The monoisotopic (exact) mass is 258 g/mol. The van der Waals surface area contributed by atoms with Gasteiger partial charge in [-0.25, -0.2) is 13.1 Å². The summed E-state index contributed by atoms with van der Waals surface area (Å²) in [6, 6.07) is 3.12. The van der Waals surface area contributed by atoms with Crippen LogP contribution in [-0.2, 0) is 21.4 Å². The summed E-state index contributed by atoms with van der Waals surface area (Å²) < 4.78 is 28.7. The van der Waals surface area contributed by atoms with Crippen molar-refractivity contribution in [2.45, 2.75) is 13.5 Å². The lowest BCUT2D eigenvalue weighted by Gasteiger charge is -2.04. The molecule has 0 aliphatic carbocycles. The van der Waals surface area contributed by atoms with Crippen LogP contribution < -0.4 is 4.72 Å². The van der Waals surface area contributed by atoms with Crippen LogP contribution in [-0.4, -0.2) is 32.2 Å². The summed E-state index contributed by atoms with van der Waals surface area (Å²) in [5.41, 5.74) is 0.874. The lowest BCUT2D eigenvalue weighted by atomic mass is 10.2. The Balaban J connectivity index is 2.70. The molecule has 0 aliphatic rings. The van der Waals surface area contributed by atoms with E-state index in [4.69, 9.17) is 4.74 Å². The van der Waals surface area contributed by atoms with E-state index in [2.05, 4.69) is 4.98 Å². The second kappa shape index (κ2) is 5.74. The number of amides is 1. The number of nitrogens with zero attached hydrogens (tertiary/aromatic N) is 1. The molecule has 7 heteroatoms. The fraction of sp³-hybridized carbons (Fsp3) is 0.400. The minimum atomic E-state index is -3.55. The minimum absolute atomic E-state index is 0.190. The Labute approximate surface area is 100 Å². The number of carbonyl (C=O) groups is 1. The molecule has 0 bridgehead atoms. The zero-order valence-corrected chi connectivity index (χ0v) is 10.5. The van der Waals surface area contributed by atoms with Crippen LogP contribution in [0.25, 0.3) is 0 Å². The lowest BCUT2D eigenvalue weighted by Crippen LogP contribution is -2.29. The van der Waals surface area contributed by atoms with Crippen LogP contribution in [0, 0.1) is 0 Å². The molecule has 0 aromatic carbocycles. The van der Waals surface area contributed by atoms with Gasteiger partial charge in [-0.3, -0.25) is 9.78 Å². The third-order valence-electron chi connectivity index (χ3n) is 1.82. The molecule has 1 aromatic rings. The Hall–Kier alpha value is -1.47. The molecule has 1 rings (SSSR count). The van der Waals surface area contributed by atoms with Gasteiger partial charge < -0.3 is 4.74 Å². The maximum Gasteiger partial charge on any atom is 0.266 e. The molecule has 1 aromatic heterocycles. The molecule has 0 atom stereocenters. The van der Waals surface area contributed by atoms with Gasteiger partial charge in [-0.05, 0) is 19.1 Å². The van der Waals surface area contributed by atoms with Crippen molar-refractivity contribution < 1.29 is 17.9 Å². The molecule has 0 radical (unpaired) electrons. The highest BCUT2D eigenvalue weighted by atomic mass is 32.2. The predicted molar refractivity (Wildman–Crippen MR) is 61.9 cm³/mol. The molecule has 0 saturated carbocycles. The van der Waals surface area contributed by atoms with Crippen molar-refractivity contribution in [3.8, 4) is 0 Å². The number of carbonyl (C=O) groups excluding carboxylic acids is 1. The van der Waals surface area contributed by atoms with Gasteiger partial charge >= 0.3 is 0 Å². The summed E-state index contributed by atoms with van der Waals surface area (Å²) in [6.45, 7) is 2.82. The maximum atomic E-state index is 11.4. The number of sulfonamides is 1. The van der Waals surface area contributed by atoms with Crippen LogP contribution in [0.2, 0.25) is 0 Å². The third kappa shape index (κ3) is 4.92. The zero-order valence-electron chi connectivity index (χ0n) is 9.63. The SMILES string of the molecule is CCOCc1ccc(C(=O)NS(C)(=O)=O)cn1. The molecule has 0 unspecified atom stereocenters. The Morgan fingerprint density at radius 3 is 2.65 bits per heavy atom. The van der Waals surface area contributed by atoms with E-state index in [-0.39, 0.29) is 5.56 Å². The molecular weight excluding hydrogens is 244 g/mol. The van der Waals surface area contributed by atoms with Crippen LogP contribution in [0.1, 0.15) is 23.0 Å². The fourth-order valence-electron chi connectivity index (χ4n) is 1.08. The van der Waals surface area contributed by atoms with Gasteiger partial charge in [0.05, 0.1) is 24.1 Å². The number of pyridine rings is 1. The first-order chi connectivity index (χ1) is 7.92. The van der Waals surface area contributed by atoms with Crippen molar-refractivity contribution >= 4 is 15.9 Å². The first kappa shape index (κ1) is 13.6. The molecule has 94 valence electrons. The van der Waals surface area contributed by atoms with Crippen LogP contribution in [0.15, 0.2) is 18.3 Å². The van der Waals surface area contributed by atoms with Gasteiger partial charge in [-0.15, -0.1) is 0 Å². The predicted octanol–water partition coefficient (Wildman–Crippen LogP) is 0.308. The van der Waals surface area contributed by atoms with Crippen LogP contribution in [0.5, 0.6) is 0 Å². The van der Waals surface area contributed by atoms with E-state index < -0.39 is 15.9 Å². The van der Waals surface area contributed by atoms with Gasteiger partial charge in [0, 0.05) is 12.8 Å². The van der Waals surface area contributed by atoms with E-state index >= 15 is 0 Å². The van der Waals surface area contributed by atoms with Crippen LogP contribution >= 0.6 is 0 Å². The molecule has 17 heavy (non-hydrogen) atoms. The number of nitrogens with one attached hydrogen (secondary N) is 1. The van der Waals surface area contributed by atoms with E-state index in [0.717, 1.165) is 6.26 Å². The van der Waals surface area contributed by atoms with Crippen molar-refractivity contribution in [2.24, 2.45) is 0 Å². The molecule has 1 heterocycles. The lowest BCUT2D eigenvalue weighted by molar-refractivity contribution is 0.0980. The largest absolute Gasteiger partial charge is 0.375 e. The molecule has 0 saturated heterocycles. The molecule has 1 amide bonds. The summed E-state index contributed by atoms with van der Waals surface area (Å²) >= 11 is 0.